The molecule has 0 heterocycles. The van der Waals surface area contributed by atoms with Crippen molar-refractivity contribution in [3.8, 4) is 17.2 Å². The van der Waals surface area contributed by atoms with E-state index >= 15 is 0 Å². The highest BCUT2D eigenvalue weighted by molar-refractivity contribution is 5.53. The summed E-state index contributed by atoms with van der Waals surface area (Å²) in [5.74, 6) is 0.671. The van der Waals surface area contributed by atoms with Gasteiger partial charge in [-0.15, -0.1) is 0 Å². The van der Waals surface area contributed by atoms with Crippen LogP contribution in [0.15, 0.2) is 12.1 Å². The van der Waals surface area contributed by atoms with Crippen LogP contribution in [0.3, 0.4) is 0 Å². The molecule has 0 aromatic heterocycles. The van der Waals surface area contributed by atoms with Crippen LogP contribution in [0.5, 0.6) is 17.2 Å². The second-order valence-electron chi connectivity index (χ2n) is 5.52. The minimum Gasteiger partial charge on any atom is -0.504 e. The van der Waals surface area contributed by atoms with E-state index in [1.165, 1.54) is 31.7 Å². The number of hydrogen-bond acceptors (Lipinski definition) is 4. The Morgan fingerprint density at radius 3 is 2.17 bits per heavy atom. The predicted molar refractivity (Wildman–Crippen MR) is 67.5 cm³/mol. The summed E-state index contributed by atoms with van der Waals surface area (Å²) < 4.78 is 0. The summed E-state index contributed by atoms with van der Waals surface area (Å²) in [7, 11) is 0. The first-order chi connectivity index (χ1) is 8.66. The molecule has 0 amide bonds. The SMILES string of the molecule is Oc1ccc(CNC(C2CC2)C2CC2)c(O)c1O. The molecule has 0 saturated heterocycles. The first-order valence-electron chi connectivity index (χ1n) is 6.63. The number of rotatable bonds is 5. The molecule has 0 atom stereocenters. The van der Waals surface area contributed by atoms with Gasteiger partial charge >= 0.3 is 0 Å². The number of hydrogen-bond donors (Lipinski definition) is 4. The van der Waals surface area contributed by atoms with Crippen LogP contribution in [0, 0.1) is 11.8 Å². The van der Waals surface area contributed by atoms with E-state index in [-0.39, 0.29) is 11.5 Å². The van der Waals surface area contributed by atoms with E-state index in [1.807, 2.05) is 0 Å². The summed E-state index contributed by atoms with van der Waals surface area (Å²) in [4.78, 5) is 0. The number of benzene rings is 1. The van der Waals surface area contributed by atoms with E-state index < -0.39 is 5.75 Å². The van der Waals surface area contributed by atoms with Gasteiger partial charge in [-0.1, -0.05) is 6.07 Å². The van der Waals surface area contributed by atoms with Crippen LogP contribution in [-0.2, 0) is 6.54 Å². The molecule has 1 aromatic rings. The molecule has 2 fully saturated rings. The van der Waals surface area contributed by atoms with E-state index in [0.29, 0.717) is 18.2 Å². The fourth-order valence-corrected chi connectivity index (χ4v) is 2.61. The smallest absolute Gasteiger partial charge is 0.200 e. The van der Waals surface area contributed by atoms with E-state index in [1.54, 1.807) is 6.07 Å². The highest BCUT2D eigenvalue weighted by Gasteiger charge is 2.41. The molecule has 4 N–H and O–H groups in total. The normalized spacial score (nSPS) is 19.4. The van der Waals surface area contributed by atoms with Gasteiger partial charge in [-0.3, -0.25) is 0 Å². The van der Waals surface area contributed by atoms with Crippen molar-refractivity contribution in [2.24, 2.45) is 11.8 Å². The van der Waals surface area contributed by atoms with Crippen molar-refractivity contribution < 1.29 is 15.3 Å². The van der Waals surface area contributed by atoms with E-state index in [0.717, 1.165) is 11.8 Å². The molecule has 3 rings (SSSR count). The van der Waals surface area contributed by atoms with E-state index in [2.05, 4.69) is 5.32 Å². The van der Waals surface area contributed by atoms with E-state index in [4.69, 9.17) is 0 Å². The lowest BCUT2D eigenvalue weighted by atomic mass is 10.1. The van der Waals surface area contributed by atoms with Gasteiger partial charge in [0.25, 0.3) is 0 Å². The first kappa shape index (κ1) is 11.7. The van der Waals surface area contributed by atoms with Crippen molar-refractivity contribution in [3.63, 3.8) is 0 Å². The topological polar surface area (TPSA) is 72.7 Å². The highest BCUT2D eigenvalue weighted by Crippen LogP contribution is 2.45. The Kier molecular flexibility index (Phi) is 2.82. The zero-order valence-corrected chi connectivity index (χ0v) is 10.3. The minimum absolute atomic E-state index is 0.215. The Morgan fingerprint density at radius 1 is 1.00 bits per heavy atom. The lowest BCUT2D eigenvalue weighted by molar-refractivity contribution is 0.360. The van der Waals surface area contributed by atoms with Gasteiger partial charge < -0.3 is 20.6 Å². The van der Waals surface area contributed by atoms with Crippen molar-refractivity contribution in [1.82, 2.24) is 5.32 Å². The maximum Gasteiger partial charge on any atom is 0.200 e. The van der Waals surface area contributed by atoms with E-state index in [9.17, 15) is 15.3 Å². The molecular formula is C14H19NO3. The summed E-state index contributed by atoms with van der Waals surface area (Å²) in [6, 6.07) is 3.61. The van der Waals surface area contributed by atoms with Crippen molar-refractivity contribution in [2.45, 2.75) is 38.3 Å². The van der Waals surface area contributed by atoms with Crippen LogP contribution in [-0.4, -0.2) is 21.4 Å². The number of phenolic OH excluding ortho intramolecular Hbond substituents is 3. The zero-order chi connectivity index (χ0) is 12.7. The van der Waals surface area contributed by atoms with Gasteiger partial charge in [-0.25, -0.2) is 0 Å². The Bertz CT molecular complexity index is 441. The largest absolute Gasteiger partial charge is 0.504 e. The Hall–Kier alpha value is -1.42. The molecule has 0 unspecified atom stereocenters. The zero-order valence-electron chi connectivity index (χ0n) is 10.3. The average molecular weight is 249 g/mol. The van der Waals surface area contributed by atoms with Gasteiger partial charge in [-0.05, 0) is 43.6 Å². The molecule has 0 bridgehead atoms. The van der Waals surface area contributed by atoms with Gasteiger partial charge in [0.2, 0.25) is 5.75 Å². The molecule has 98 valence electrons. The molecule has 2 saturated carbocycles. The fraction of sp³-hybridized carbons (Fsp3) is 0.571. The van der Waals surface area contributed by atoms with Crippen LogP contribution in [0.2, 0.25) is 0 Å². The standard InChI is InChI=1S/C14H19NO3/c16-11-6-5-10(13(17)14(11)18)7-15-12(8-1-2-8)9-3-4-9/h5-6,8-9,12,15-18H,1-4,7H2. The van der Waals surface area contributed by atoms with Crippen LogP contribution in [0.1, 0.15) is 31.2 Å². The van der Waals surface area contributed by atoms with Crippen molar-refractivity contribution in [3.05, 3.63) is 17.7 Å². The number of nitrogens with one attached hydrogen (secondary N) is 1. The molecule has 2 aliphatic rings. The number of aromatic hydroxyl groups is 3. The third-order valence-electron chi connectivity index (χ3n) is 4.00. The quantitative estimate of drug-likeness (QED) is 0.603. The Labute approximate surface area is 106 Å². The minimum atomic E-state index is -0.427. The lowest BCUT2D eigenvalue weighted by Crippen LogP contribution is -2.32. The average Bonchev–Trinajstić information content (AvgIpc) is 3.22. The van der Waals surface area contributed by atoms with Gasteiger partial charge in [0, 0.05) is 18.2 Å². The summed E-state index contributed by atoms with van der Waals surface area (Å²) in [6.45, 7) is 0.539. The van der Waals surface area contributed by atoms with Gasteiger partial charge in [-0.2, -0.15) is 0 Å². The summed E-state index contributed by atoms with van der Waals surface area (Å²) in [6.07, 6.45) is 5.23. The summed E-state index contributed by atoms with van der Waals surface area (Å²) in [5, 5.41) is 32.0. The lowest BCUT2D eigenvalue weighted by Gasteiger charge is -2.18. The second kappa shape index (κ2) is 4.35. The Morgan fingerprint density at radius 2 is 1.61 bits per heavy atom. The molecule has 0 spiro atoms. The predicted octanol–water partition coefficient (Wildman–Crippen LogP) is 2.08. The molecule has 1 aromatic carbocycles. The third-order valence-corrected chi connectivity index (χ3v) is 4.00. The van der Waals surface area contributed by atoms with Crippen LogP contribution in [0.4, 0.5) is 0 Å². The maximum atomic E-state index is 9.75. The van der Waals surface area contributed by atoms with Crippen LogP contribution in [0.25, 0.3) is 0 Å². The monoisotopic (exact) mass is 249 g/mol. The summed E-state index contributed by atoms with van der Waals surface area (Å²) >= 11 is 0. The van der Waals surface area contributed by atoms with Crippen molar-refractivity contribution in [1.29, 1.82) is 0 Å². The first-order valence-corrected chi connectivity index (χ1v) is 6.63. The van der Waals surface area contributed by atoms with Crippen LogP contribution < -0.4 is 5.32 Å². The second-order valence-corrected chi connectivity index (χ2v) is 5.52. The van der Waals surface area contributed by atoms with Gasteiger partial charge in [0.1, 0.15) is 0 Å². The van der Waals surface area contributed by atoms with Gasteiger partial charge in [0.05, 0.1) is 0 Å². The molecule has 18 heavy (non-hydrogen) atoms. The van der Waals surface area contributed by atoms with Crippen LogP contribution >= 0.6 is 0 Å². The number of phenols is 3. The highest BCUT2D eigenvalue weighted by atomic mass is 16.3. The third kappa shape index (κ3) is 2.25. The van der Waals surface area contributed by atoms with Crippen molar-refractivity contribution >= 4 is 0 Å². The molecular weight excluding hydrogens is 230 g/mol. The molecule has 2 aliphatic carbocycles. The maximum absolute atomic E-state index is 9.75. The fourth-order valence-electron chi connectivity index (χ4n) is 2.61. The van der Waals surface area contributed by atoms with Gasteiger partial charge in [0.15, 0.2) is 11.5 Å². The molecule has 0 radical (unpaired) electrons. The molecule has 0 aliphatic heterocycles. The molecule has 4 nitrogen and oxygen atoms in total. The summed E-state index contributed by atoms with van der Waals surface area (Å²) in [5.41, 5.74) is 0.636. The van der Waals surface area contributed by atoms with Crippen molar-refractivity contribution in [2.75, 3.05) is 0 Å². The Balaban J connectivity index is 1.67. The molecule has 4 heteroatoms.